The molecule has 1 aromatic carbocycles. The van der Waals surface area contributed by atoms with E-state index >= 15 is 0 Å². The minimum Gasteiger partial charge on any atom is -0.352 e. The van der Waals surface area contributed by atoms with E-state index in [9.17, 15) is 9.18 Å². The van der Waals surface area contributed by atoms with Crippen LogP contribution in [0.4, 0.5) is 4.39 Å². The van der Waals surface area contributed by atoms with Gasteiger partial charge in [0.15, 0.2) is 0 Å². The molecule has 2 rings (SSSR count). The van der Waals surface area contributed by atoms with E-state index in [0.717, 1.165) is 16.3 Å². The van der Waals surface area contributed by atoms with Crippen LogP contribution in [0.25, 0.3) is 0 Å². The minimum atomic E-state index is -0.402. The van der Waals surface area contributed by atoms with Crippen molar-refractivity contribution in [2.24, 2.45) is 0 Å². The average molecular weight is 264 g/mol. The van der Waals surface area contributed by atoms with Crippen LogP contribution >= 0.6 is 11.3 Å². The number of halogens is 1. The molecule has 0 saturated carbocycles. The lowest BCUT2D eigenvalue weighted by Crippen LogP contribution is -2.25. The third-order valence-electron chi connectivity index (χ3n) is 2.41. The Morgan fingerprint density at radius 3 is 3.00 bits per heavy atom. The van der Waals surface area contributed by atoms with Gasteiger partial charge in [0.2, 0.25) is 0 Å². The van der Waals surface area contributed by atoms with Gasteiger partial charge in [0, 0.05) is 29.6 Å². The molecule has 3 nitrogen and oxygen atoms in total. The number of hydrogen-bond acceptors (Lipinski definition) is 3. The molecule has 0 unspecified atom stereocenters. The Bertz CT molecular complexity index is 553. The number of thiazole rings is 1. The van der Waals surface area contributed by atoms with Crippen molar-refractivity contribution in [1.29, 1.82) is 0 Å². The van der Waals surface area contributed by atoms with E-state index in [1.165, 1.54) is 18.2 Å². The van der Waals surface area contributed by atoms with Gasteiger partial charge in [-0.25, -0.2) is 9.37 Å². The van der Waals surface area contributed by atoms with Crippen molar-refractivity contribution >= 4 is 17.2 Å². The van der Waals surface area contributed by atoms with Crippen LogP contribution < -0.4 is 5.32 Å². The first kappa shape index (κ1) is 12.7. The Hall–Kier alpha value is -1.75. The normalized spacial score (nSPS) is 10.3. The number of hydrogen-bond donors (Lipinski definition) is 1. The molecule has 1 aromatic heterocycles. The van der Waals surface area contributed by atoms with Crippen molar-refractivity contribution in [1.82, 2.24) is 10.3 Å². The molecule has 5 heteroatoms. The summed E-state index contributed by atoms with van der Waals surface area (Å²) >= 11 is 1.62. The predicted octanol–water partition coefficient (Wildman–Crippen LogP) is 2.56. The van der Waals surface area contributed by atoms with Crippen molar-refractivity contribution < 1.29 is 9.18 Å². The Labute approximate surface area is 109 Å². The summed E-state index contributed by atoms with van der Waals surface area (Å²) in [6, 6.07) is 5.66. The lowest BCUT2D eigenvalue weighted by molar-refractivity contribution is 0.0953. The SMILES string of the molecule is Cc1ncc(CCNC(=O)c2cccc(F)c2)s1. The highest BCUT2D eigenvalue weighted by molar-refractivity contribution is 7.11. The fourth-order valence-electron chi connectivity index (χ4n) is 1.55. The van der Waals surface area contributed by atoms with Crippen molar-refractivity contribution in [3.05, 3.63) is 51.7 Å². The van der Waals surface area contributed by atoms with Crippen molar-refractivity contribution in [2.45, 2.75) is 13.3 Å². The standard InChI is InChI=1S/C13H13FN2OS/c1-9-16-8-12(18-9)5-6-15-13(17)10-3-2-4-11(14)7-10/h2-4,7-8H,5-6H2,1H3,(H,15,17). The summed E-state index contributed by atoms with van der Waals surface area (Å²) in [4.78, 5) is 17.0. The number of aryl methyl sites for hydroxylation is 1. The van der Waals surface area contributed by atoms with E-state index in [-0.39, 0.29) is 5.91 Å². The molecule has 0 bridgehead atoms. The number of carbonyl (C=O) groups is 1. The van der Waals surface area contributed by atoms with Crippen LogP contribution in [0.1, 0.15) is 20.2 Å². The number of amides is 1. The highest BCUT2D eigenvalue weighted by Crippen LogP contribution is 2.11. The smallest absolute Gasteiger partial charge is 0.251 e. The zero-order chi connectivity index (χ0) is 13.0. The Morgan fingerprint density at radius 2 is 2.33 bits per heavy atom. The number of rotatable bonds is 4. The molecule has 2 aromatic rings. The minimum absolute atomic E-state index is 0.254. The van der Waals surface area contributed by atoms with E-state index in [0.29, 0.717) is 12.1 Å². The average Bonchev–Trinajstić information content (AvgIpc) is 2.75. The largest absolute Gasteiger partial charge is 0.352 e. The third-order valence-corrected chi connectivity index (χ3v) is 3.39. The van der Waals surface area contributed by atoms with Crippen LogP contribution in [0.15, 0.2) is 30.5 Å². The highest BCUT2D eigenvalue weighted by atomic mass is 32.1. The zero-order valence-corrected chi connectivity index (χ0v) is 10.8. The van der Waals surface area contributed by atoms with E-state index in [1.807, 2.05) is 13.1 Å². The Morgan fingerprint density at radius 1 is 1.50 bits per heavy atom. The van der Waals surface area contributed by atoms with Crippen molar-refractivity contribution in [3.63, 3.8) is 0 Å². The first-order valence-corrected chi connectivity index (χ1v) is 6.42. The molecule has 18 heavy (non-hydrogen) atoms. The maximum atomic E-state index is 12.9. The van der Waals surface area contributed by atoms with Crippen LogP contribution in [0, 0.1) is 12.7 Å². The summed E-state index contributed by atoms with van der Waals surface area (Å²) in [6.07, 6.45) is 2.56. The molecular weight excluding hydrogens is 251 g/mol. The number of nitrogens with one attached hydrogen (secondary N) is 1. The highest BCUT2D eigenvalue weighted by Gasteiger charge is 2.06. The van der Waals surface area contributed by atoms with E-state index in [2.05, 4.69) is 10.3 Å². The van der Waals surface area contributed by atoms with E-state index in [4.69, 9.17) is 0 Å². The second kappa shape index (κ2) is 5.73. The Kier molecular flexibility index (Phi) is 4.04. The van der Waals surface area contributed by atoms with E-state index < -0.39 is 5.82 Å². The quantitative estimate of drug-likeness (QED) is 0.922. The van der Waals surface area contributed by atoms with Crippen molar-refractivity contribution in [2.75, 3.05) is 6.54 Å². The summed E-state index contributed by atoms with van der Waals surface area (Å²) in [5.41, 5.74) is 0.343. The molecule has 1 heterocycles. The van der Waals surface area contributed by atoms with Gasteiger partial charge in [-0.1, -0.05) is 6.07 Å². The molecule has 1 amide bonds. The predicted molar refractivity (Wildman–Crippen MR) is 69.3 cm³/mol. The maximum absolute atomic E-state index is 12.9. The molecule has 0 aliphatic rings. The molecule has 0 aliphatic carbocycles. The molecular formula is C13H13FN2OS. The van der Waals surface area contributed by atoms with Gasteiger partial charge >= 0.3 is 0 Å². The van der Waals surface area contributed by atoms with Gasteiger partial charge < -0.3 is 5.32 Å². The maximum Gasteiger partial charge on any atom is 0.251 e. The fourth-order valence-corrected chi connectivity index (χ4v) is 2.35. The van der Waals surface area contributed by atoms with Gasteiger partial charge in [-0.05, 0) is 25.1 Å². The van der Waals surface area contributed by atoms with Crippen LogP contribution in [0.3, 0.4) is 0 Å². The lowest BCUT2D eigenvalue weighted by Gasteiger charge is -2.03. The summed E-state index contributed by atoms with van der Waals surface area (Å²) in [5, 5.41) is 3.77. The van der Waals surface area contributed by atoms with Gasteiger partial charge in [-0.3, -0.25) is 4.79 Å². The van der Waals surface area contributed by atoms with Gasteiger partial charge in [-0.15, -0.1) is 11.3 Å². The van der Waals surface area contributed by atoms with Crippen LogP contribution in [0.5, 0.6) is 0 Å². The monoisotopic (exact) mass is 264 g/mol. The molecule has 94 valence electrons. The molecule has 0 spiro atoms. The number of nitrogens with zero attached hydrogens (tertiary/aromatic N) is 1. The van der Waals surface area contributed by atoms with Crippen molar-refractivity contribution in [3.8, 4) is 0 Å². The van der Waals surface area contributed by atoms with E-state index in [1.54, 1.807) is 17.4 Å². The zero-order valence-electron chi connectivity index (χ0n) is 9.94. The fraction of sp³-hybridized carbons (Fsp3) is 0.231. The van der Waals surface area contributed by atoms with Gasteiger partial charge in [0.1, 0.15) is 5.82 Å². The summed E-state index contributed by atoms with van der Waals surface area (Å²) in [5.74, 6) is -0.656. The first-order chi connectivity index (χ1) is 8.65. The summed E-state index contributed by atoms with van der Waals surface area (Å²) < 4.78 is 12.9. The first-order valence-electron chi connectivity index (χ1n) is 5.60. The molecule has 0 aliphatic heterocycles. The van der Waals surface area contributed by atoms with Crippen LogP contribution in [0.2, 0.25) is 0 Å². The van der Waals surface area contributed by atoms with Crippen LogP contribution in [-0.4, -0.2) is 17.4 Å². The number of aromatic nitrogens is 1. The summed E-state index contributed by atoms with van der Waals surface area (Å²) in [6.45, 7) is 2.47. The topological polar surface area (TPSA) is 42.0 Å². The third kappa shape index (κ3) is 3.37. The molecule has 0 fully saturated rings. The summed E-state index contributed by atoms with van der Waals surface area (Å²) in [7, 11) is 0. The molecule has 0 saturated heterocycles. The molecule has 0 radical (unpaired) electrons. The second-order valence-corrected chi connectivity index (χ2v) is 5.18. The Balaban J connectivity index is 1.85. The number of carbonyl (C=O) groups excluding carboxylic acids is 1. The van der Waals surface area contributed by atoms with Gasteiger partial charge in [-0.2, -0.15) is 0 Å². The second-order valence-electron chi connectivity index (χ2n) is 3.86. The van der Waals surface area contributed by atoms with Gasteiger partial charge in [0.25, 0.3) is 5.91 Å². The molecule has 1 N–H and O–H groups in total. The van der Waals surface area contributed by atoms with Gasteiger partial charge in [0.05, 0.1) is 5.01 Å². The van der Waals surface area contributed by atoms with Crippen LogP contribution in [-0.2, 0) is 6.42 Å². The molecule has 0 atom stereocenters. The lowest BCUT2D eigenvalue weighted by atomic mass is 10.2. The number of benzene rings is 1.